The highest BCUT2D eigenvalue weighted by molar-refractivity contribution is 8.00. The first kappa shape index (κ1) is 11.7. The Morgan fingerprint density at radius 3 is 3.06 bits per heavy atom. The third kappa shape index (κ3) is 2.15. The zero-order chi connectivity index (χ0) is 11.8. The summed E-state index contributed by atoms with van der Waals surface area (Å²) in [5.74, 6) is 1.33. The highest BCUT2D eigenvalue weighted by Gasteiger charge is 2.25. The van der Waals surface area contributed by atoms with Gasteiger partial charge in [0, 0.05) is 28.7 Å². The maximum atomic E-state index is 10.0. The molecule has 1 fully saturated rings. The Morgan fingerprint density at radius 1 is 1.41 bits per heavy atom. The fourth-order valence-electron chi connectivity index (χ4n) is 3.19. The van der Waals surface area contributed by atoms with Crippen LogP contribution in [0.3, 0.4) is 0 Å². The Morgan fingerprint density at radius 2 is 2.29 bits per heavy atom. The van der Waals surface area contributed by atoms with E-state index in [1.165, 1.54) is 35.5 Å². The first-order chi connectivity index (χ1) is 8.25. The van der Waals surface area contributed by atoms with E-state index < -0.39 is 0 Å². The van der Waals surface area contributed by atoms with Crippen LogP contribution in [0.4, 0.5) is 0 Å². The van der Waals surface area contributed by atoms with Gasteiger partial charge in [-0.1, -0.05) is 0 Å². The third-order valence-electron chi connectivity index (χ3n) is 4.11. The number of nitrogens with zero attached hydrogens (tertiary/aromatic N) is 1. The lowest BCUT2D eigenvalue weighted by Crippen LogP contribution is -2.17. The second kappa shape index (κ2) is 4.69. The minimum absolute atomic E-state index is 0.213. The molecule has 2 unspecified atom stereocenters. The van der Waals surface area contributed by atoms with Gasteiger partial charge in [-0.2, -0.15) is 11.8 Å². The number of aryl methyl sites for hydroxylation is 1. The van der Waals surface area contributed by atoms with Crippen molar-refractivity contribution in [3.05, 3.63) is 23.0 Å². The smallest absolute Gasteiger partial charge is 0.0807 e. The molecule has 0 bridgehead atoms. The second-order valence-corrected chi connectivity index (χ2v) is 6.75. The zero-order valence-electron chi connectivity index (χ0n) is 10.5. The Kier molecular flexibility index (Phi) is 3.22. The average molecular weight is 251 g/mol. The van der Waals surface area contributed by atoms with E-state index in [1.807, 2.05) is 0 Å². The number of aromatic nitrogens is 1. The fourth-order valence-corrected chi connectivity index (χ4v) is 4.44. The van der Waals surface area contributed by atoms with Crippen molar-refractivity contribution in [2.45, 2.75) is 56.9 Å². The number of thioether (sulfide) groups is 1. The zero-order valence-corrected chi connectivity index (χ0v) is 11.3. The van der Waals surface area contributed by atoms with E-state index in [0.29, 0.717) is 0 Å². The number of rotatable bonds is 2. The molecule has 2 aliphatic rings. The third-order valence-corrected chi connectivity index (χ3v) is 5.49. The summed E-state index contributed by atoms with van der Waals surface area (Å²) in [7, 11) is 0. The maximum Gasteiger partial charge on any atom is 0.0807 e. The van der Waals surface area contributed by atoms with Crippen molar-refractivity contribution in [2.24, 2.45) is 0 Å². The van der Waals surface area contributed by atoms with Gasteiger partial charge < -0.3 is 9.67 Å². The SMILES string of the molecule is Cc1cc2c(n1CC1CCCS1)CCCC2O. The molecule has 17 heavy (non-hydrogen) atoms. The van der Waals surface area contributed by atoms with Gasteiger partial charge in [0.05, 0.1) is 6.10 Å². The lowest BCUT2D eigenvalue weighted by Gasteiger charge is -2.22. The lowest BCUT2D eigenvalue weighted by molar-refractivity contribution is 0.155. The van der Waals surface area contributed by atoms with Gasteiger partial charge in [-0.3, -0.25) is 0 Å². The minimum atomic E-state index is -0.213. The molecule has 1 aliphatic heterocycles. The van der Waals surface area contributed by atoms with Crippen LogP contribution in [0.15, 0.2) is 6.07 Å². The molecule has 2 atom stereocenters. The largest absolute Gasteiger partial charge is 0.388 e. The normalized spacial score (nSPS) is 28.4. The first-order valence-corrected chi connectivity index (χ1v) is 7.79. The molecule has 1 saturated heterocycles. The highest BCUT2D eigenvalue weighted by atomic mass is 32.2. The summed E-state index contributed by atoms with van der Waals surface area (Å²) in [6, 6.07) is 2.21. The maximum absolute atomic E-state index is 10.0. The molecule has 1 aromatic rings. The molecule has 0 saturated carbocycles. The summed E-state index contributed by atoms with van der Waals surface area (Å²) in [4.78, 5) is 0. The molecule has 0 amide bonds. The lowest BCUT2D eigenvalue weighted by atomic mass is 9.95. The Hall–Kier alpha value is -0.410. The number of fused-ring (bicyclic) bond motifs is 1. The van der Waals surface area contributed by atoms with E-state index >= 15 is 0 Å². The quantitative estimate of drug-likeness (QED) is 0.874. The van der Waals surface area contributed by atoms with Gasteiger partial charge in [0.1, 0.15) is 0 Å². The van der Waals surface area contributed by atoms with Crippen LogP contribution < -0.4 is 0 Å². The van der Waals surface area contributed by atoms with Gasteiger partial charge in [-0.05, 0) is 50.8 Å². The molecular formula is C14H21NOS. The van der Waals surface area contributed by atoms with Crippen LogP contribution in [0.25, 0.3) is 0 Å². The van der Waals surface area contributed by atoms with E-state index in [1.54, 1.807) is 0 Å². The molecule has 2 nitrogen and oxygen atoms in total. The number of aliphatic hydroxyl groups is 1. The van der Waals surface area contributed by atoms with Crippen molar-refractivity contribution in [3.8, 4) is 0 Å². The van der Waals surface area contributed by atoms with Crippen LogP contribution in [-0.2, 0) is 13.0 Å². The molecule has 2 heterocycles. The van der Waals surface area contributed by atoms with Crippen LogP contribution in [0.2, 0.25) is 0 Å². The van der Waals surface area contributed by atoms with Crippen LogP contribution in [0.5, 0.6) is 0 Å². The summed E-state index contributed by atoms with van der Waals surface area (Å²) in [5.41, 5.74) is 3.95. The second-order valence-electron chi connectivity index (χ2n) is 5.34. The van der Waals surface area contributed by atoms with Crippen LogP contribution in [0, 0.1) is 6.92 Å². The molecule has 1 aliphatic carbocycles. The van der Waals surface area contributed by atoms with Crippen LogP contribution in [-0.4, -0.2) is 20.7 Å². The number of hydrogen-bond acceptors (Lipinski definition) is 2. The van der Waals surface area contributed by atoms with E-state index in [-0.39, 0.29) is 6.10 Å². The molecule has 3 rings (SSSR count). The molecular weight excluding hydrogens is 230 g/mol. The topological polar surface area (TPSA) is 25.2 Å². The van der Waals surface area contributed by atoms with Crippen LogP contribution in [0.1, 0.15) is 48.7 Å². The van der Waals surface area contributed by atoms with Crippen molar-refractivity contribution in [3.63, 3.8) is 0 Å². The monoisotopic (exact) mass is 251 g/mol. The van der Waals surface area contributed by atoms with Gasteiger partial charge in [0.15, 0.2) is 0 Å². The molecule has 0 spiro atoms. The number of aliphatic hydroxyl groups excluding tert-OH is 1. The summed E-state index contributed by atoms with van der Waals surface area (Å²) >= 11 is 2.12. The van der Waals surface area contributed by atoms with Crippen molar-refractivity contribution >= 4 is 11.8 Å². The summed E-state index contributed by atoms with van der Waals surface area (Å²) in [6.07, 6.45) is 5.75. The minimum Gasteiger partial charge on any atom is -0.388 e. The first-order valence-electron chi connectivity index (χ1n) is 6.74. The predicted molar refractivity (Wildman–Crippen MR) is 72.5 cm³/mol. The van der Waals surface area contributed by atoms with Crippen molar-refractivity contribution < 1.29 is 5.11 Å². The molecule has 94 valence electrons. The van der Waals surface area contributed by atoms with Gasteiger partial charge in [0.2, 0.25) is 0 Å². The van der Waals surface area contributed by atoms with Gasteiger partial charge in [0.25, 0.3) is 0 Å². The molecule has 1 N–H and O–H groups in total. The molecule has 0 radical (unpaired) electrons. The van der Waals surface area contributed by atoms with Crippen molar-refractivity contribution in [1.29, 1.82) is 0 Å². The highest BCUT2D eigenvalue weighted by Crippen LogP contribution is 2.34. The van der Waals surface area contributed by atoms with Crippen molar-refractivity contribution in [2.75, 3.05) is 5.75 Å². The molecule has 0 aromatic carbocycles. The van der Waals surface area contributed by atoms with Gasteiger partial charge in [-0.15, -0.1) is 0 Å². The van der Waals surface area contributed by atoms with E-state index in [9.17, 15) is 5.11 Å². The van der Waals surface area contributed by atoms with Crippen molar-refractivity contribution in [1.82, 2.24) is 4.57 Å². The summed E-state index contributed by atoms with van der Waals surface area (Å²) in [6.45, 7) is 3.34. The Balaban J connectivity index is 1.87. The molecule has 3 heteroatoms. The van der Waals surface area contributed by atoms with Gasteiger partial charge in [-0.25, -0.2) is 0 Å². The fraction of sp³-hybridized carbons (Fsp3) is 0.714. The number of hydrogen-bond donors (Lipinski definition) is 1. The Labute approximate surface area is 107 Å². The van der Waals surface area contributed by atoms with Crippen LogP contribution >= 0.6 is 11.8 Å². The predicted octanol–water partition coefficient (Wildman–Crippen LogP) is 3.06. The van der Waals surface area contributed by atoms with E-state index in [0.717, 1.165) is 31.1 Å². The molecule has 1 aromatic heterocycles. The van der Waals surface area contributed by atoms with Gasteiger partial charge >= 0.3 is 0 Å². The summed E-state index contributed by atoms with van der Waals surface area (Å²) < 4.78 is 2.47. The standard InChI is InChI=1S/C14H21NOS/c1-10-8-12-13(5-2-6-14(12)16)15(10)9-11-4-3-7-17-11/h8,11,14,16H,2-7,9H2,1H3. The summed E-state index contributed by atoms with van der Waals surface area (Å²) in [5, 5.41) is 10.8. The average Bonchev–Trinajstić information content (AvgIpc) is 2.91. The van der Waals surface area contributed by atoms with E-state index in [4.69, 9.17) is 0 Å². The van der Waals surface area contributed by atoms with E-state index in [2.05, 4.69) is 29.3 Å². The Bertz CT molecular complexity index is 407.